The molecule has 0 unspecified atom stereocenters. The molecule has 2 aromatic heterocycles. The van der Waals surface area contributed by atoms with Gasteiger partial charge in [-0.3, -0.25) is 0 Å². The molecule has 25 heavy (non-hydrogen) atoms. The van der Waals surface area contributed by atoms with E-state index in [0.29, 0.717) is 0 Å². The number of fused-ring (bicyclic) bond motifs is 1. The van der Waals surface area contributed by atoms with Gasteiger partial charge in [0.05, 0.1) is 0 Å². The van der Waals surface area contributed by atoms with Crippen molar-refractivity contribution in [2.24, 2.45) is 0 Å². The van der Waals surface area contributed by atoms with E-state index in [1.165, 1.54) is 16.7 Å². The van der Waals surface area contributed by atoms with Gasteiger partial charge in [0.1, 0.15) is 17.5 Å². The highest BCUT2D eigenvalue weighted by Crippen LogP contribution is 2.34. The topological polar surface area (TPSA) is 63.5 Å². The summed E-state index contributed by atoms with van der Waals surface area (Å²) in [7, 11) is -4.56. The Morgan fingerprint density at radius 3 is 2.36 bits per heavy atom. The maximum absolute atomic E-state index is 13.3. The number of nitrogens with one attached hydrogen (secondary N) is 1. The van der Waals surface area contributed by atoms with E-state index in [1.54, 1.807) is 16.9 Å². The minimum Gasteiger partial charge on any atom is -0.306 e. The zero-order valence-corrected chi connectivity index (χ0v) is 13.2. The van der Waals surface area contributed by atoms with Crippen molar-refractivity contribution in [1.82, 2.24) is 14.1 Å². The molecule has 0 radical (unpaired) electrons. The highest BCUT2D eigenvalue weighted by molar-refractivity contribution is 7.89. The van der Waals surface area contributed by atoms with Crippen molar-refractivity contribution in [3.63, 3.8) is 0 Å². The van der Waals surface area contributed by atoms with Gasteiger partial charge in [-0.2, -0.15) is 17.9 Å². The lowest BCUT2D eigenvalue weighted by Crippen LogP contribution is -2.38. The number of hydrogen-bond acceptors (Lipinski definition) is 3. The fourth-order valence-electron chi connectivity index (χ4n) is 2.24. The van der Waals surface area contributed by atoms with Crippen molar-refractivity contribution < 1.29 is 26.0 Å². The Hall–Kier alpha value is -2.46. The molecule has 1 aromatic carbocycles. The molecule has 0 aliphatic rings. The zero-order chi connectivity index (χ0) is 18.2. The predicted molar refractivity (Wildman–Crippen MR) is 80.7 cm³/mol. The third-order valence-corrected chi connectivity index (χ3v) is 4.71. The number of imidazole rings is 1. The average molecular weight is 373 g/mol. The summed E-state index contributed by atoms with van der Waals surface area (Å²) in [6, 6.07) is 5.63. The molecule has 0 amide bonds. The molecule has 0 aliphatic carbocycles. The van der Waals surface area contributed by atoms with E-state index in [9.17, 15) is 26.0 Å². The summed E-state index contributed by atoms with van der Waals surface area (Å²) >= 11 is 0. The monoisotopic (exact) mass is 373 g/mol. The molecule has 0 aliphatic heterocycles. The number of aromatic nitrogens is 2. The lowest BCUT2D eigenvalue weighted by atomic mass is 10.1. The van der Waals surface area contributed by atoms with Gasteiger partial charge in [0.25, 0.3) is 10.0 Å². The van der Waals surface area contributed by atoms with Crippen molar-refractivity contribution in [2.75, 3.05) is 0 Å². The van der Waals surface area contributed by atoms with Crippen LogP contribution >= 0.6 is 0 Å². The Bertz CT molecular complexity index is 965. The van der Waals surface area contributed by atoms with E-state index in [0.717, 1.165) is 30.5 Å². The summed E-state index contributed by atoms with van der Waals surface area (Å²) in [6.45, 7) is 0. The van der Waals surface area contributed by atoms with Crippen LogP contribution in [0, 0.1) is 5.82 Å². The van der Waals surface area contributed by atoms with Gasteiger partial charge in [0.2, 0.25) is 0 Å². The number of rotatable bonds is 4. The second kappa shape index (κ2) is 6.12. The fourth-order valence-corrected chi connectivity index (χ4v) is 3.40. The lowest BCUT2D eigenvalue weighted by molar-refractivity contribution is -0.153. The van der Waals surface area contributed by atoms with E-state index in [4.69, 9.17) is 0 Å². The quantitative estimate of drug-likeness (QED) is 0.715. The molecule has 0 saturated carbocycles. The molecule has 0 bridgehead atoms. The van der Waals surface area contributed by atoms with Crippen LogP contribution < -0.4 is 4.72 Å². The fraction of sp³-hybridized carbons (Fsp3) is 0.133. The summed E-state index contributed by atoms with van der Waals surface area (Å²) < 4.78 is 80.5. The molecule has 1 N–H and O–H groups in total. The first-order valence-electron chi connectivity index (χ1n) is 6.95. The van der Waals surface area contributed by atoms with E-state index in [1.807, 2.05) is 0 Å². The second-order valence-corrected chi connectivity index (χ2v) is 6.85. The lowest BCUT2D eigenvalue weighted by Gasteiger charge is -2.21. The van der Waals surface area contributed by atoms with Crippen molar-refractivity contribution in [3.8, 4) is 0 Å². The first kappa shape index (κ1) is 17.4. The number of pyridine rings is 1. The Labute approximate surface area is 140 Å². The van der Waals surface area contributed by atoms with Crippen molar-refractivity contribution in [2.45, 2.75) is 17.2 Å². The standard InChI is InChI=1S/C15H11F4N3O2S/c16-11-6-4-10(5-7-11)14(15(17,18)19)21-25(23,24)13-9-22-8-2-1-3-12(22)20-13/h1-9,14,21H/t14-/m1/s1. The summed E-state index contributed by atoms with van der Waals surface area (Å²) in [6.07, 6.45) is -2.29. The van der Waals surface area contributed by atoms with Crippen LogP contribution in [-0.2, 0) is 10.0 Å². The normalized spacial score (nSPS) is 13.9. The van der Waals surface area contributed by atoms with Crippen molar-refractivity contribution in [3.05, 3.63) is 66.2 Å². The Balaban J connectivity index is 1.99. The Kier molecular flexibility index (Phi) is 4.25. The first-order valence-corrected chi connectivity index (χ1v) is 8.43. The van der Waals surface area contributed by atoms with Gasteiger partial charge in [0.15, 0.2) is 5.03 Å². The maximum Gasteiger partial charge on any atom is 0.408 e. The smallest absolute Gasteiger partial charge is 0.306 e. The SMILES string of the molecule is O=S(=O)(N[C@H](c1ccc(F)cc1)C(F)(F)F)c1cn2ccccc2n1. The van der Waals surface area contributed by atoms with Gasteiger partial charge < -0.3 is 4.40 Å². The summed E-state index contributed by atoms with van der Waals surface area (Å²) in [5, 5.41) is -0.546. The third kappa shape index (κ3) is 3.64. The molecule has 1 atom stereocenters. The van der Waals surface area contributed by atoms with Crippen LogP contribution in [0.25, 0.3) is 5.65 Å². The van der Waals surface area contributed by atoms with E-state index >= 15 is 0 Å². The van der Waals surface area contributed by atoms with Crippen LogP contribution in [0.15, 0.2) is 59.9 Å². The van der Waals surface area contributed by atoms with E-state index in [-0.39, 0.29) is 5.65 Å². The molecule has 2 heterocycles. The largest absolute Gasteiger partial charge is 0.408 e. The zero-order valence-electron chi connectivity index (χ0n) is 12.4. The van der Waals surface area contributed by atoms with Gasteiger partial charge in [-0.15, -0.1) is 0 Å². The summed E-state index contributed by atoms with van der Waals surface area (Å²) in [5.74, 6) is -0.729. The number of alkyl halides is 3. The van der Waals surface area contributed by atoms with Crippen LogP contribution in [0.4, 0.5) is 17.6 Å². The number of nitrogens with zero attached hydrogens (tertiary/aromatic N) is 2. The number of sulfonamides is 1. The van der Waals surface area contributed by atoms with Gasteiger partial charge in [-0.25, -0.2) is 17.8 Å². The first-order chi connectivity index (χ1) is 11.7. The predicted octanol–water partition coefficient (Wildman–Crippen LogP) is 3.06. The Morgan fingerprint density at radius 1 is 1.08 bits per heavy atom. The molecule has 132 valence electrons. The molecule has 0 saturated heterocycles. The van der Waals surface area contributed by atoms with Gasteiger partial charge >= 0.3 is 6.18 Å². The molecule has 3 aromatic rings. The van der Waals surface area contributed by atoms with Gasteiger partial charge in [-0.05, 0) is 29.8 Å². The number of hydrogen-bond donors (Lipinski definition) is 1. The highest BCUT2D eigenvalue weighted by Gasteiger charge is 2.43. The maximum atomic E-state index is 13.3. The highest BCUT2D eigenvalue weighted by atomic mass is 32.2. The van der Waals surface area contributed by atoms with Gasteiger partial charge in [0, 0.05) is 12.4 Å². The molecular weight excluding hydrogens is 362 g/mol. The van der Waals surface area contributed by atoms with Crippen LogP contribution in [0.3, 0.4) is 0 Å². The number of halogens is 4. The molecule has 3 rings (SSSR count). The minimum atomic E-state index is -4.91. The third-order valence-electron chi connectivity index (χ3n) is 3.42. The Morgan fingerprint density at radius 2 is 1.76 bits per heavy atom. The summed E-state index contributed by atoms with van der Waals surface area (Å²) in [4.78, 5) is 3.81. The van der Waals surface area contributed by atoms with E-state index in [2.05, 4.69) is 4.98 Å². The second-order valence-electron chi connectivity index (χ2n) is 5.19. The van der Waals surface area contributed by atoms with Crippen LogP contribution in [0.5, 0.6) is 0 Å². The van der Waals surface area contributed by atoms with Crippen molar-refractivity contribution in [1.29, 1.82) is 0 Å². The summed E-state index contributed by atoms with van der Waals surface area (Å²) in [5.41, 5.74) is -0.158. The average Bonchev–Trinajstić information content (AvgIpc) is 2.98. The van der Waals surface area contributed by atoms with Crippen LogP contribution in [-0.4, -0.2) is 24.0 Å². The minimum absolute atomic E-state index is 0.271. The van der Waals surface area contributed by atoms with Crippen LogP contribution in [0.1, 0.15) is 11.6 Å². The van der Waals surface area contributed by atoms with Crippen molar-refractivity contribution >= 4 is 15.7 Å². The molecule has 0 fully saturated rings. The number of benzene rings is 1. The van der Waals surface area contributed by atoms with Gasteiger partial charge in [-0.1, -0.05) is 18.2 Å². The van der Waals surface area contributed by atoms with Crippen LogP contribution in [0.2, 0.25) is 0 Å². The molecule has 0 spiro atoms. The molecular formula is C15H11F4N3O2S. The molecule has 10 heteroatoms. The molecule has 5 nitrogen and oxygen atoms in total. The van der Waals surface area contributed by atoms with E-state index < -0.39 is 38.6 Å².